The summed E-state index contributed by atoms with van der Waals surface area (Å²) in [5, 5.41) is 3.47. The van der Waals surface area contributed by atoms with Crippen molar-refractivity contribution in [1.29, 1.82) is 0 Å². The van der Waals surface area contributed by atoms with Crippen LogP contribution in [0.5, 0.6) is 0 Å². The first-order valence-corrected chi connectivity index (χ1v) is 6.25. The van der Waals surface area contributed by atoms with Crippen LogP contribution < -0.4 is 5.32 Å². The van der Waals surface area contributed by atoms with E-state index in [2.05, 4.69) is 30.2 Å². The molecule has 78 valence electrons. The molecule has 1 aromatic heterocycles. The lowest BCUT2D eigenvalue weighted by atomic mass is 10.1. The molecule has 0 fully saturated rings. The third-order valence-corrected chi connectivity index (χ3v) is 3.00. The normalized spacial score (nSPS) is 12.7. The largest absolute Gasteiger partial charge is 0.309 e. The predicted octanol–water partition coefficient (Wildman–Crippen LogP) is 2.49. The van der Waals surface area contributed by atoms with E-state index in [-0.39, 0.29) is 0 Å². The third kappa shape index (κ3) is 3.68. The highest BCUT2D eigenvalue weighted by atomic mass is 32.2. The van der Waals surface area contributed by atoms with Gasteiger partial charge in [0, 0.05) is 24.2 Å². The highest BCUT2D eigenvalue weighted by molar-refractivity contribution is 7.99. The van der Waals surface area contributed by atoms with Gasteiger partial charge in [0.15, 0.2) is 0 Å². The van der Waals surface area contributed by atoms with Crippen molar-refractivity contribution in [2.75, 3.05) is 18.1 Å². The molecule has 14 heavy (non-hydrogen) atoms. The Kier molecular flexibility index (Phi) is 5.64. The minimum atomic E-state index is 0.443. The number of nitrogens with zero attached hydrogens (tertiary/aromatic N) is 1. The Balaban J connectivity index is 2.58. The van der Waals surface area contributed by atoms with Gasteiger partial charge in [0.2, 0.25) is 0 Å². The molecule has 0 saturated carbocycles. The molecule has 3 heteroatoms. The number of aromatic nitrogens is 1. The van der Waals surface area contributed by atoms with Gasteiger partial charge in [0.1, 0.15) is 0 Å². The van der Waals surface area contributed by atoms with Gasteiger partial charge < -0.3 is 5.32 Å². The Morgan fingerprint density at radius 3 is 2.93 bits per heavy atom. The quantitative estimate of drug-likeness (QED) is 0.781. The molecule has 0 aromatic carbocycles. The molecule has 0 aliphatic heterocycles. The van der Waals surface area contributed by atoms with E-state index in [1.807, 2.05) is 30.2 Å². The molecule has 1 atom stereocenters. The number of pyridine rings is 1. The van der Waals surface area contributed by atoms with E-state index in [1.165, 1.54) is 11.3 Å². The smallest absolute Gasteiger partial charge is 0.0427 e. The molecule has 1 heterocycles. The van der Waals surface area contributed by atoms with Crippen LogP contribution in [0.1, 0.15) is 25.5 Å². The summed E-state index contributed by atoms with van der Waals surface area (Å²) in [4.78, 5) is 4.15. The summed E-state index contributed by atoms with van der Waals surface area (Å²) in [5.41, 5.74) is 1.29. The van der Waals surface area contributed by atoms with E-state index in [4.69, 9.17) is 0 Å². The van der Waals surface area contributed by atoms with Crippen molar-refractivity contribution in [1.82, 2.24) is 10.3 Å². The van der Waals surface area contributed by atoms with Gasteiger partial charge in [-0.05, 0) is 23.9 Å². The summed E-state index contributed by atoms with van der Waals surface area (Å²) < 4.78 is 0. The van der Waals surface area contributed by atoms with Crippen LogP contribution in [0.4, 0.5) is 0 Å². The van der Waals surface area contributed by atoms with Crippen molar-refractivity contribution >= 4 is 11.8 Å². The van der Waals surface area contributed by atoms with Crippen LogP contribution in [0.3, 0.4) is 0 Å². The molecule has 0 amide bonds. The van der Waals surface area contributed by atoms with Gasteiger partial charge in [0.05, 0.1) is 0 Å². The van der Waals surface area contributed by atoms with Crippen LogP contribution in [0.25, 0.3) is 0 Å². The van der Waals surface area contributed by atoms with Crippen LogP contribution in [0.15, 0.2) is 24.5 Å². The zero-order valence-corrected chi connectivity index (χ0v) is 9.68. The maximum atomic E-state index is 4.15. The van der Waals surface area contributed by atoms with E-state index in [1.54, 1.807) is 0 Å². The van der Waals surface area contributed by atoms with E-state index in [9.17, 15) is 0 Å². The van der Waals surface area contributed by atoms with Crippen molar-refractivity contribution in [3.05, 3.63) is 30.1 Å². The van der Waals surface area contributed by atoms with Crippen molar-refractivity contribution < 1.29 is 0 Å². The number of rotatable bonds is 6. The van der Waals surface area contributed by atoms with Crippen LogP contribution >= 0.6 is 11.8 Å². The zero-order valence-electron chi connectivity index (χ0n) is 8.86. The van der Waals surface area contributed by atoms with E-state index in [0.717, 1.165) is 12.3 Å². The fourth-order valence-electron chi connectivity index (χ4n) is 1.34. The maximum Gasteiger partial charge on any atom is 0.0427 e. The molecular formula is C11H18N2S. The summed E-state index contributed by atoms with van der Waals surface area (Å²) in [6.45, 7) is 5.33. The fraction of sp³-hybridized carbons (Fsp3) is 0.545. The minimum absolute atomic E-state index is 0.443. The minimum Gasteiger partial charge on any atom is -0.309 e. The highest BCUT2D eigenvalue weighted by Crippen LogP contribution is 2.16. The molecule has 0 aliphatic carbocycles. The first-order valence-electron chi connectivity index (χ1n) is 5.09. The van der Waals surface area contributed by atoms with Gasteiger partial charge in [-0.15, -0.1) is 0 Å². The Hall–Kier alpha value is -0.540. The second-order valence-electron chi connectivity index (χ2n) is 3.06. The Morgan fingerprint density at radius 2 is 2.36 bits per heavy atom. The van der Waals surface area contributed by atoms with Crippen molar-refractivity contribution in [3.8, 4) is 0 Å². The summed E-state index contributed by atoms with van der Waals surface area (Å²) in [6, 6.07) is 4.57. The fourth-order valence-corrected chi connectivity index (χ4v) is 2.12. The molecule has 0 radical (unpaired) electrons. The van der Waals surface area contributed by atoms with Gasteiger partial charge in [-0.1, -0.05) is 19.9 Å². The lowest BCUT2D eigenvalue weighted by molar-refractivity contribution is 0.604. The van der Waals surface area contributed by atoms with Crippen molar-refractivity contribution in [2.24, 2.45) is 0 Å². The van der Waals surface area contributed by atoms with E-state index in [0.29, 0.717) is 6.04 Å². The van der Waals surface area contributed by atoms with Crippen molar-refractivity contribution in [3.63, 3.8) is 0 Å². The molecule has 0 spiro atoms. The van der Waals surface area contributed by atoms with Gasteiger partial charge in [0.25, 0.3) is 0 Å². The average molecular weight is 210 g/mol. The first kappa shape index (κ1) is 11.5. The lowest BCUT2D eigenvalue weighted by Gasteiger charge is -2.16. The molecule has 1 aromatic rings. The molecular weight excluding hydrogens is 192 g/mol. The first-order chi connectivity index (χ1) is 6.88. The second-order valence-corrected chi connectivity index (χ2v) is 4.38. The summed E-state index contributed by atoms with van der Waals surface area (Å²) in [6.07, 6.45) is 3.77. The Bertz CT molecular complexity index is 238. The lowest BCUT2D eigenvalue weighted by Crippen LogP contribution is -2.23. The average Bonchev–Trinajstić information content (AvgIpc) is 2.25. The standard InChI is InChI=1S/C11H18N2S/c1-3-13-11(9-14-4-2)10-6-5-7-12-8-10/h5-8,11,13H,3-4,9H2,1-2H3. The van der Waals surface area contributed by atoms with Gasteiger partial charge >= 0.3 is 0 Å². The number of hydrogen-bond acceptors (Lipinski definition) is 3. The van der Waals surface area contributed by atoms with Crippen molar-refractivity contribution in [2.45, 2.75) is 19.9 Å². The third-order valence-electron chi connectivity index (χ3n) is 2.03. The number of nitrogens with one attached hydrogen (secondary N) is 1. The van der Waals surface area contributed by atoms with Crippen LogP contribution in [-0.2, 0) is 0 Å². The van der Waals surface area contributed by atoms with Gasteiger partial charge in [-0.2, -0.15) is 11.8 Å². The second kappa shape index (κ2) is 6.85. The van der Waals surface area contributed by atoms with Crippen LogP contribution in [0, 0.1) is 0 Å². The zero-order chi connectivity index (χ0) is 10.2. The monoisotopic (exact) mass is 210 g/mol. The molecule has 0 bridgehead atoms. The Morgan fingerprint density at radius 1 is 1.50 bits per heavy atom. The SMILES string of the molecule is CCNC(CSCC)c1cccnc1. The maximum absolute atomic E-state index is 4.15. The molecule has 0 aliphatic rings. The Labute approximate surface area is 90.5 Å². The van der Waals surface area contributed by atoms with E-state index < -0.39 is 0 Å². The van der Waals surface area contributed by atoms with Crippen LogP contribution in [-0.4, -0.2) is 23.0 Å². The molecule has 0 saturated heterocycles. The molecule has 1 unspecified atom stereocenters. The molecule has 2 nitrogen and oxygen atoms in total. The number of hydrogen-bond donors (Lipinski definition) is 1. The van der Waals surface area contributed by atoms with Crippen LogP contribution in [0.2, 0.25) is 0 Å². The van der Waals surface area contributed by atoms with Gasteiger partial charge in [-0.25, -0.2) is 0 Å². The van der Waals surface area contributed by atoms with Gasteiger partial charge in [-0.3, -0.25) is 4.98 Å². The van der Waals surface area contributed by atoms with E-state index >= 15 is 0 Å². The molecule has 1 rings (SSSR count). The summed E-state index contributed by atoms with van der Waals surface area (Å²) in [7, 11) is 0. The topological polar surface area (TPSA) is 24.9 Å². The summed E-state index contributed by atoms with van der Waals surface area (Å²) >= 11 is 1.96. The molecule has 1 N–H and O–H groups in total. The summed E-state index contributed by atoms with van der Waals surface area (Å²) in [5.74, 6) is 2.29. The predicted molar refractivity (Wildman–Crippen MR) is 63.7 cm³/mol. The highest BCUT2D eigenvalue weighted by Gasteiger charge is 2.08. The number of thioether (sulfide) groups is 1.